The zero-order valence-electron chi connectivity index (χ0n) is 22.5. The van der Waals surface area contributed by atoms with Crippen LogP contribution in [-0.4, -0.2) is 53.4 Å². The molecule has 1 atom stereocenters. The van der Waals surface area contributed by atoms with Gasteiger partial charge in [-0.2, -0.15) is 0 Å². The molecule has 0 spiro atoms. The maximum atomic E-state index is 13.5. The average Bonchev–Trinajstić information content (AvgIpc) is 3.14. The third-order valence-corrected chi connectivity index (χ3v) is 8.67. The monoisotopic (exact) mass is 517 g/mol. The lowest BCUT2D eigenvalue weighted by Crippen LogP contribution is -2.64. The number of nitrogens with zero attached hydrogens (tertiary/aromatic N) is 2. The number of amides is 3. The van der Waals surface area contributed by atoms with Gasteiger partial charge in [0.05, 0.1) is 12.5 Å². The molecule has 1 saturated heterocycles. The van der Waals surface area contributed by atoms with Crippen molar-refractivity contribution in [1.82, 2.24) is 20.9 Å². The number of carbonyl (C=O) groups excluding carboxylic acids is 3. The summed E-state index contributed by atoms with van der Waals surface area (Å²) >= 11 is 0. The van der Waals surface area contributed by atoms with Gasteiger partial charge in [-0.15, -0.1) is 0 Å². The van der Waals surface area contributed by atoms with Gasteiger partial charge in [0, 0.05) is 24.2 Å². The largest absolute Gasteiger partial charge is 0.354 e. The Labute approximate surface area is 225 Å². The molecule has 38 heavy (non-hydrogen) atoms. The number of pyridine rings is 1. The first-order chi connectivity index (χ1) is 18.3. The Balaban J connectivity index is 1.22. The summed E-state index contributed by atoms with van der Waals surface area (Å²) in [6.07, 6.45) is 5.92. The Kier molecular flexibility index (Phi) is 7.41. The van der Waals surface area contributed by atoms with Crippen molar-refractivity contribution in [3.05, 3.63) is 59.8 Å². The standard InChI is InChI=1S/C30H39N5O3/c1-21(2)26(22-8-4-3-5-9-22)28(38)34-30-15-12-29(13-16-30,14-17-30)33-27(37)23-10-6-11-24(32-23)35-19-7-18-31-25(36)20-35/h3-6,8-11,21,26H,7,12-20H2,1-2H3,(H,31,36)(H,33,37)(H,34,38). The summed E-state index contributed by atoms with van der Waals surface area (Å²) in [7, 11) is 0. The SMILES string of the molecule is CC(C)C(C(=O)NC12CCC(NC(=O)c3cccc(N4CCCNC(=O)C4)n3)(CC1)CC2)c1ccccc1. The third-order valence-electron chi connectivity index (χ3n) is 8.67. The lowest BCUT2D eigenvalue weighted by molar-refractivity contribution is -0.127. The highest BCUT2D eigenvalue weighted by atomic mass is 16.2. The minimum atomic E-state index is -0.263. The van der Waals surface area contributed by atoms with Crippen molar-refractivity contribution in [2.75, 3.05) is 24.5 Å². The Morgan fingerprint density at radius 3 is 2.24 bits per heavy atom. The Morgan fingerprint density at radius 2 is 1.58 bits per heavy atom. The topological polar surface area (TPSA) is 103 Å². The van der Waals surface area contributed by atoms with E-state index in [0.717, 1.165) is 57.1 Å². The smallest absolute Gasteiger partial charge is 0.270 e. The van der Waals surface area contributed by atoms with E-state index in [0.29, 0.717) is 18.1 Å². The minimum Gasteiger partial charge on any atom is -0.354 e. The van der Waals surface area contributed by atoms with E-state index >= 15 is 0 Å². The molecule has 1 unspecified atom stereocenters. The molecular weight excluding hydrogens is 478 g/mol. The van der Waals surface area contributed by atoms with Gasteiger partial charge in [-0.3, -0.25) is 14.4 Å². The Bertz CT molecular complexity index is 1160. The molecule has 8 heteroatoms. The van der Waals surface area contributed by atoms with Crippen LogP contribution in [0.1, 0.15) is 80.8 Å². The van der Waals surface area contributed by atoms with Crippen LogP contribution in [0.2, 0.25) is 0 Å². The molecule has 3 amide bonds. The summed E-state index contributed by atoms with van der Waals surface area (Å²) < 4.78 is 0. The van der Waals surface area contributed by atoms with Crippen LogP contribution in [0.25, 0.3) is 0 Å². The molecule has 3 saturated carbocycles. The van der Waals surface area contributed by atoms with Crippen LogP contribution in [0, 0.1) is 5.92 Å². The fraction of sp³-hybridized carbons (Fsp3) is 0.533. The van der Waals surface area contributed by atoms with Gasteiger partial charge in [-0.05, 0) is 68.6 Å². The molecule has 3 N–H and O–H groups in total. The van der Waals surface area contributed by atoms with Gasteiger partial charge in [0.15, 0.2) is 0 Å². The summed E-state index contributed by atoms with van der Waals surface area (Å²) in [5, 5.41) is 9.64. The first kappa shape index (κ1) is 26.2. The fourth-order valence-corrected chi connectivity index (χ4v) is 6.43. The number of nitrogens with one attached hydrogen (secondary N) is 3. The van der Waals surface area contributed by atoms with E-state index in [4.69, 9.17) is 0 Å². The summed E-state index contributed by atoms with van der Waals surface area (Å²) in [6, 6.07) is 15.5. The van der Waals surface area contributed by atoms with Crippen molar-refractivity contribution in [2.45, 2.75) is 75.8 Å². The summed E-state index contributed by atoms with van der Waals surface area (Å²) in [6.45, 7) is 5.82. The van der Waals surface area contributed by atoms with Crippen molar-refractivity contribution < 1.29 is 14.4 Å². The number of anilines is 1. The van der Waals surface area contributed by atoms with E-state index in [1.54, 1.807) is 6.07 Å². The molecule has 0 radical (unpaired) electrons. The number of aromatic nitrogens is 1. The maximum Gasteiger partial charge on any atom is 0.270 e. The van der Waals surface area contributed by atoms with Crippen LogP contribution >= 0.6 is 0 Å². The van der Waals surface area contributed by atoms with Crippen LogP contribution in [-0.2, 0) is 9.59 Å². The summed E-state index contributed by atoms with van der Waals surface area (Å²) in [5.41, 5.74) is 0.970. The Morgan fingerprint density at radius 1 is 0.921 bits per heavy atom. The predicted molar refractivity (Wildman–Crippen MR) is 147 cm³/mol. The molecule has 4 aliphatic rings. The van der Waals surface area contributed by atoms with Crippen molar-refractivity contribution in [1.29, 1.82) is 0 Å². The first-order valence-electron chi connectivity index (χ1n) is 14.0. The summed E-state index contributed by atoms with van der Waals surface area (Å²) in [4.78, 5) is 45.3. The van der Waals surface area contributed by atoms with Crippen LogP contribution < -0.4 is 20.9 Å². The number of benzene rings is 1. The molecule has 4 fully saturated rings. The van der Waals surface area contributed by atoms with Gasteiger partial charge in [-0.1, -0.05) is 50.2 Å². The molecule has 2 bridgehead atoms. The highest BCUT2D eigenvalue weighted by Crippen LogP contribution is 2.47. The maximum absolute atomic E-state index is 13.5. The second-order valence-corrected chi connectivity index (χ2v) is 11.6. The van der Waals surface area contributed by atoms with Gasteiger partial charge < -0.3 is 20.9 Å². The zero-order valence-corrected chi connectivity index (χ0v) is 22.5. The van der Waals surface area contributed by atoms with Crippen molar-refractivity contribution in [2.24, 2.45) is 5.92 Å². The van der Waals surface area contributed by atoms with Gasteiger partial charge in [0.1, 0.15) is 11.5 Å². The third kappa shape index (κ3) is 5.54. The second kappa shape index (κ2) is 10.8. The lowest BCUT2D eigenvalue weighted by atomic mass is 9.61. The number of rotatable bonds is 7. The number of carbonyl (C=O) groups is 3. The molecule has 1 aliphatic heterocycles. The predicted octanol–water partition coefficient (Wildman–Crippen LogP) is 3.54. The number of fused-ring (bicyclic) bond motifs is 3. The van der Waals surface area contributed by atoms with E-state index in [2.05, 4.69) is 34.8 Å². The van der Waals surface area contributed by atoms with Crippen LogP contribution in [0.5, 0.6) is 0 Å². The molecule has 2 heterocycles. The normalized spacial score (nSPS) is 25.9. The molecular formula is C30H39N5O3. The number of hydrogen-bond donors (Lipinski definition) is 3. The van der Waals surface area contributed by atoms with Crippen LogP contribution in [0.15, 0.2) is 48.5 Å². The summed E-state index contributed by atoms with van der Waals surface area (Å²) in [5.74, 6) is 0.584. The van der Waals surface area contributed by atoms with Crippen molar-refractivity contribution in [3.63, 3.8) is 0 Å². The van der Waals surface area contributed by atoms with Crippen molar-refractivity contribution in [3.8, 4) is 0 Å². The van der Waals surface area contributed by atoms with Gasteiger partial charge >= 0.3 is 0 Å². The first-order valence-corrected chi connectivity index (χ1v) is 14.0. The lowest BCUT2D eigenvalue weighted by Gasteiger charge is -2.54. The van der Waals surface area contributed by atoms with E-state index in [1.165, 1.54) is 0 Å². The highest BCUT2D eigenvalue weighted by Gasteiger charge is 2.50. The Hall–Kier alpha value is -3.42. The second-order valence-electron chi connectivity index (χ2n) is 11.6. The zero-order chi connectivity index (χ0) is 26.8. The van der Waals surface area contributed by atoms with E-state index in [1.807, 2.05) is 47.4 Å². The molecule has 2 aromatic rings. The molecule has 6 rings (SSSR count). The van der Waals surface area contributed by atoms with E-state index in [9.17, 15) is 14.4 Å². The number of hydrogen-bond acceptors (Lipinski definition) is 5. The molecule has 202 valence electrons. The van der Waals surface area contributed by atoms with E-state index < -0.39 is 0 Å². The fourth-order valence-electron chi connectivity index (χ4n) is 6.43. The highest BCUT2D eigenvalue weighted by molar-refractivity contribution is 5.93. The van der Waals surface area contributed by atoms with Crippen molar-refractivity contribution >= 4 is 23.5 Å². The van der Waals surface area contributed by atoms with E-state index in [-0.39, 0.29) is 47.2 Å². The minimum absolute atomic E-state index is 0.0264. The van der Waals surface area contributed by atoms with Gasteiger partial charge in [0.2, 0.25) is 11.8 Å². The average molecular weight is 518 g/mol. The molecule has 1 aromatic heterocycles. The quantitative estimate of drug-likeness (QED) is 0.521. The van der Waals surface area contributed by atoms with Crippen LogP contribution in [0.4, 0.5) is 5.82 Å². The van der Waals surface area contributed by atoms with Gasteiger partial charge in [0.25, 0.3) is 5.91 Å². The van der Waals surface area contributed by atoms with Crippen LogP contribution in [0.3, 0.4) is 0 Å². The molecule has 8 nitrogen and oxygen atoms in total. The van der Waals surface area contributed by atoms with Gasteiger partial charge in [-0.25, -0.2) is 4.98 Å². The molecule has 1 aromatic carbocycles. The molecule has 3 aliphatic carbocycles.